The number of carbonyl (C=O) groups excluding carboxylic acids is 1. The van der Waals surface area contributed by atoms with Crippen LogP contribution in [0.5, 0.6) is 0 Å². The van der Waals surface area contributed by atoms with E-state index in [1.165, 1.54) is 6.42 Å². The van der Waals surface area contributed by atoms with Crippen LogP contribution < -0.4 is 5.73 Å². The maximum Gasteiger partial charge on any atom is 0.152 e. The molecule has 0 saturated heterocycles. The lowest BCUT2D eigenvalue weighted by Crippen LogP contribution is -2.53. The summed E-state index contributed by atoms with van der Waals surface area (Å²) in [6.07, 6.45) is 7.01. The van der Waals surface area contributed by atoms with Gasteiger partial charge in [-0.15, -0.1) is 0 Å². The third-order valence-corrected chi connectivity index (χ3v) is 2.81. The molecule has 0 spiro atoms. The molecule has 0 aromatic carbocycles. The molecule has 1 saturated carbocycles. The second-order valence-corrected chi connectivity index (χ2v) is 3.89. The standard InChI is InChI=1S/C10H19NO/c1-2-3-4-6-9(12)10(11)7-5-8-10/h2-8,11H2,1H3. The van der Waals surface area contributed by atoms with Crippen LogP contribution in [0.3, 0.4) is 0 Å². The summed E-state index contributed by atoms with van der Waals surface area (Å²) in [6.45, 7) is 2.14. The Labute approximate surface area is 74.5 Å². The van der Waals surface area contributed by atoms with E-state index in [1.807, 2.05) is 0 Å². The van der Waals surface area contributed by atoms with Crippen LogP contribution in [0.1, 0.15) is 51.9 Å². The van der Waals surface area contributed by atoms with Crippen LogP contribution in [0.15, 0.2) is 0 Å². The molecule has 0 aliphatic heterocycles. The van der Waals surface area contributed by atoms with Crippen molar-refractivity contribution in [3.63, 3.8) is 0 Å². The largest absolute Gasteiger partial charge is 0.319 e. The van der Waals surface area contributed by atoms with Gasteiger partial charge in [-0.25, -0.2) is 0 Å². The van der Waals surface area contributed by atoms with E-state index in [1.54, 1.807) is 0 Å². The van der Waals surface area contributed by atoms with Crippen molar-refractivity contribution in [1.82, 2.24) is 0 Å². The molecule has 0 radical (unpaired) electrons. The SMILES string of the molecule is CCCCCC(=O)C1(N)CCC1. The minimum atomic E-state index is -0.409. The molecule has 2 nitrogen and oxygen atoms in total. The second-order valence-electron chi connectivity index (χ2n) is 3.89. The van der Waals surface area contributed by atoms with Crippen molar-refractivity contribution in [2.24, 2.45) is 5.73 Å². The van der Waals surface area contributed by atoms with Gasteiger partial charge in [0.15, 0.2) is 5.78 Å². The van der Waals surface area contributed by atoms with Crippen LogP contribution in [0.2, 0.25) is 0 Å². The van der Waals surface area contributed by atoms with Gasteiger partial charge in [0.05, 0.1) is 5.54 Å². The molecule has 1 rings (SSSR count). The number of rotatable bonds is 5. The van der Waals surface area contributed by atoms with Gasteiger partial charge in [0.2, 0.25) is 0 Å². The fourth-order valence-corrected chi connectivity index (χ4v) is 1.62. The zero-order chi connectivity index (χ0) is 9.03. The molecule has 0 unspecified atom stereocenters. The maximum atomic E-state index is 11.5. The highest BCUT2D eigenvalue weighted by Crippen LogP contribution is 2.31. The van der Waals surface area contributed by atoms with Gasteiger partial charge in [-0.3, -0.25) is 4.79 Å². The molecule has 12 heavy (non-hydrogen) atoms. The minimum absolute atomic E-state index is 0.294. The van der Waals surface area contributed by atoms with E-state index < -0.39 is 5.54 Å². The molecule has 0 atom stereocenters. The lowest BCUT2D eigenvalue weighted by molar-refractivity contribution is -0.127. The quantitative estimate of drug-likeness (QED) is 0.640. The van der Waals surface area contributed by atoms with Crippen LogP contribution in [-0.2, 0) is 4.79 Å². The van der Waals surface area contributed by atoms with Gasteiger partial charge >= 0.3 is 0 Å². The Morgan fingerprint density at radius 1 is 1.42 bits per heavy atom. The Kier molecular flexibility index (Phi) is 3.27. The summed E-state index contributed by atoms with van der Waals surface area (Å²) in [5.41, 5.74) is 5.47. The first-order valence-electron chi connectivity index (χ1n) is 5.01. The van der Waals surface area contributed by atoms with Gasteiger partial charge in [-0.1, -0.05) is 19.8 Å². The third-order valence-electron chi connectivity index (χ3n) is 2.81. The molecule has 2 heteroatoms. The molecule has 2 N–H and O–H groups in total. The van der Waals surface area contributed by atoms with Gasteiger partial charge in [-0.05, 0) is 25.7 Å². The van der Waals surface area contributed by atoms with Crippen molar-refractivity contribution in [2.45, 2.75) is 57.4 Å². The predicted molar refractivity (Wildman–Crippen MR) is 49.9 cm³/mol. The maximum absolute atomic E-state index is 11.5. The number of unbranched alkanes of at least 4 members (excludes halogenated alkanes) is 2. The van der Waals surface area contributed by atoms with Crippen molar-refractivity contribution in [1.29, 1.82) is 0 Å². The molecule has 70 valence electrons. The van der Waals surface area contributed by atoms with E-state index in [9.17, 15) is 4.79 Å². The number of nitrogens with two attached hydrogens (primary N) is 1. The summed E-state index contributed by atoms with van der Waals surface area (Å²) in [6, 6.07) is 0. The van der Waals surface area contributed by atoms with E-state index in [0.29, 0.717) is 12.2 Å². The minimum Gasteiger partial charge on any atom is -0.319 e. The van der Waals surface area contributed by atoms with Crippen molar-refractivity contribution in [3.8, 4) is 0 Å². The van der Waals surface area contributed by atoms with Gasteiger partial charge in [0, 0.05) is 6.42 Å². The van der Waals surface area contributed by atoms with E-state index >= 15 is 0 Å². The van der Waals surface area contributed by atoms with E-state index in [-0.39, 0.29) is 0 Å². The van der Waals surface area contributed by atoms with Gasteiger partial charge < -0.3 is 5.73 Å². The molecule has 0 heterocycles. The zero-order valence-corrected chi connectivity index (χ0v) is 7.94. The lowest BCUT2D eigenvalue weighted by Gasteiger charge is -2.36. The molecular weight excluding hydrogens is 150 g/mol. The van der Waals surface area contributed by atoms with Crippen molar-refractivity contribution in [3.05, 3.63) is 0 Å². The molecule has 0 aromatic rings. The van der Waals surface area contributed by atoms with Gasteiger partial charge in [0.1, 0.15) is 0 Å². The number of carbonyl (C=O) groups is 1. The van der Waals surface area contributed by atoms with E-state index in [0.717, 1.165) is 32.1 Å². The Morgan fingerprint density at radius 2 is 2.08 bits per heavy atom. The van der Waals surface area contributed by atoms with E-state index in [2.05, 4.69) is 6.92 Å². The summed E-state index contributed by atoms with van der Waals surface area (Å²) < 4.78 is 0. The Bertz CT molecular complexity index is 161. The third kappa shape index (κ3) is 2.07. The number of Topliss-reactive ketones (excluding diaryl/α,β-unsaturated/α-hetero) is 1. The van der Waals surface area contributed by atoms with Crippen LogP contribution in [0.25, 0.3) is 0 Å². The number of ketones is 1. The number of hydrogen-bond acceptors (Lipinski definition) is 2. The Balaban J connectivity index is 2.19. The molecule has 0 amide bonds. The smallest absolute Gasteiger partial charge is 0.152 e. The average Bonchev–Trinajstić information content (AvgIpc) is 2.00. The predicted octanol–water partition coefficient (Wildman–Crippen LogP) is 2.02. The Morgan fingerprint density at radius 3 is 2.50 bits per heavy atom. The molecule has 1 fully saturated rings. The highest BCUT2D eigenvalue weighted by Gasteiger charge is 2.38. The van der Waals surface area contributed by atoms with Crippen molar-refractivity contribution in [2.75, 3.05) is 0 Å². The summed E-state index contributed by atoms with van der Waals surface area (Å²) in [5.74, 6) is 0.294. The fourth-order valence-electron chi connectivity index (χ4n) is 1.62. The summed E-state index contributed by atoms with van der Waals surface area (Å²) >= 11 is 0. The van der Waals surface area contributed by atoms with Crippen LogP contribution in [-0.4, -0.2) is 11.3 Å². The normalized spacial score (nSPS) is 20.2. The molecule has 0 aromatic heterocycles. The fraction of sp³-hybridized carbons (Fsp3) is 0.900. The lowest BCUT2D eigenvalue weighted by atomic mass is 9.73. The van der Waals surface area contributed by atoms with Crippen LogP contribution in [0, 0.1) is 0 Å². The van der Waals surface area contributed by atoms with Crippen molar-refractivity contribution < 1.29 is 4.79 Å². The highest BCUT2D eigenvalue weighted by molar-refractivity contribution is 5.89. The average molecular weight is 169 g/mol. The van der Waals surface area contributed by atoms with Gasteiger partial charge in [-0.2, -0.15) is 0 Å². The van der Waals surface area contributed by atoms with E-state index in [4.69, 9.17) is 5.73 Å². The highest BCUT2D eigenvalue weighted by atomic mass is 16.1. The first-order valence-corrected chi connectivity index (χ1v) is 5.01. The topological polar surface area (TPSA) is 43.1 Å². The van der Waals surface area contributed by atoms with Crippen molar-refractivity contribution >= 4 is 5.78 Å². The monoisotopic (exact) mass is 169 g/mol. The molecule has 0 bridgehead atoms. The summed E-state index contributed by atoms with van der Waals surface area (Å²) in [7, 11) is 0. The Hall–Kier alpha value is -0.370. The summed E-state index contributed by atoms with van der Waals surface area (Å²) in [4.78, 5) is 11.5. The van der Waals surface area contributed by atoms with Crippen LogP contribution in [0.4, 0.5) is 0 Å². The molecule has 1 aliphatic carbocycles. The first kappa shape index (κ1) is 9.72. The number of hydrogen-bond donors (Lipinski definition) is 1. The first-order chi connectivity index (χ1) is 5.69. The summed E-state index contributed by atoms with van der Waals surface area (Å²) in [5, 5.41) is 0. The van der Waals surface area contributed by atoms with Gasteiger partial charge in [0.25, 0.3) is 0 Å². The second kappa shape index (κ2) is 4.04. The molecule has 1 aliphatic rings. The zero-order valence-electron chi connectivity index (χ0n) is 7.94. The van der Waals surface area contributed by atoms with Crippen LogP contribution >= 0.6 is 0 Å². The molecular formula is C10H19NO.